The lowest BCUT2D eigenvalue weighted by molar-refractivity contribution is -0.121. The molecule has 4 heteroatoms. The van der Waals surface area contributed by atoms with Gasteiger partial charge in [-0.2, -0.15) is 0 Å². The van der Waals surface area contributed by atoms with E-state index in [1.807, 2.05) is 55.5 Å². The zero-order chi connectivity index (χ0) is 15.9. The van der Waals surface area contributed by atoms with E-state index >= 15 is 0 Å². The number of carbonyl (C=O) groups excluding carboxylic acids is 1. The van der Waals surface area contributed by atoms with Crippen molar-refractivity contribution in [3.63, 3.8) is 0 Å². The summed E-state index contributed by atoms with van der Waals surface area (Å²) < 4.78 is 5.32. The maximum Gasteiger partial charge on any atom is 0.220 e. The van der Waals surface area contributed by atoms with Gasteiger partial charge >= 0.3 is 0 Å². The van der Waals surface area contributed by atoms with E-state index in [1.54, 1.807) is 7.11 Å². The van der Waals surface area contributed by atoms with Crippen LogP contribution in [0.2, 0.25) is 5.02 Å². The number of benzene rings is 2. The summed E-state index contributed by atoms with van der Waals surface area (Å²) >= 11 is 6.10. The number of methoxy groups -OCH3 is 1. The third-order valence-corrected chi connectivity index (χ3v) is 3.93. The van der Waals surface area contributed by atoms with E-state index < -0.39 is 0 Å². The summed E-state index contributed by atoms with van der Waals surface area (Å²) in [5, 5.41) is 3.70. The van der Waals surface area contributed by atoms with E-state index in [9.17, 15) is 4.79 Å². The number of para-hydroxylation sites is 1. The monoisotopic (exact) mass is 317 g/mol. The van der Waals surface area contributed by atoms with Gasteiger partial charge in [0.15, 0.2) is 0 Å². The predicted octanol–water partition coefficient (Wildman–Crippen LogP) is 4.16. The van der Waals surface area contributed by atoms with Crippen molar-refractivity contribution >= 4 is 17.5 Å². The Kier molecular flexibility index (Phi) is 5.84. The summed E-state index contributed by atoms with van der Waals surface area (Å²) in [5.74, 6) is 0.778. The number of aryl methyl sites for hydroxylation is 1. The zero-order valence-electron chi connectivity index (χ0n) is 12.8. The lowest BCUT2D eigenvalue weighted by atomic mass is 10.1. The fourth-order valence-corrected chi connectivity index (χ4v) is 2.60. The lowest BCUT2D eigenvalue weighted by Gasteiger charge is -2.17. The summed E-state index contributed by atoms with van der Waals surface area (Å²) in [7, 11) is 1.63. The Morgan fingerprint density at radius 2 is 1.86 bits per heavy atom. The molecule has 0 saturated heterocycles. The van der Waals surface area contributed by atoms with Crippen LogP contribution in [-0.2, 0) is 11.2 Å². The molecule has 22 heavy (non-hydrogen) atoms. The van der Waals surface area contributed by atoms with Crippen LogP contribution < -0.4 is 10.1 Å². The summed E-state index contributed by atoms with van der Waals surface area (Å²) in [4.78, 5) is 12.1. The molecular weight excluding hydrogens is 298 g/mol. The van der Waals surface area contributed by atoms with Crippen LogP contribution in [0.1, 0.15) is 30.5 Å². The van der Waals surface area contributed by atoms with Crippen molar-refractivity contribution in [1.82, 2.24) is 5.32 Å². The van der Waals surface area contributed by atoms with E-state index in [0.717, 1.165) is 16.9 Å². The van der Waals surface area contributed by atoms with Gasteiger partial charge in [0.2, 0.25) is 5.91 Å². The molecule has 1 atom stereocenters. The van der Waals surface area contributed by atoms with E-state index in [1.165, 1.54) is 0 Å². The molecule has 0 fully saturated rings. The van der Waals surface area contributed by atoms with Gasteiger partial charge in [-0.3, -0.25) is 4.79 Å². The fourth-order valence-electron chi connectivity index (χ4n) is 2.36. The molecular formula is C18H20ClNO2. The topological polar surface area (TPSA) is 38.3 Å². The van der Waals surface area contributed by atoms with Crippen LogP contribution >= 0.6 is 11.6 Å². The number of hydrogen-bond acceptors (Lipinski definition) is 2. The van der Waals surface area contributed by atoms with E-state index in [4.69, 9.17) is 16.3 Å². The highest BCUT2D eigenvalue weighted by Gasteiger charge is 2.13. The number of ether oxygens (including phenoxy) is 1. The van der Waals surface area contributed by atoms with Gasteiger partial charge in [0.05, 0.1) is 13.2 Å². The molecule has 116 valence electrons. The van der Waals surface area contributed by atoms with Crippen LogP contribution in [-0.4, -0.2) is 13.0 Å². The van der Waals surface area contributed by atoms with Crippen molar-refractivity contribution < 1.29 is 9.53 Å². The lowest BCUT2D eigenvalue weighted by Crippen LogP contribution is -2.27. The van der Waals surface area contributed by atoms with Crippen molar-refractivity contribution in [2.75, 3.05) is 7.11 Å². The highest BCUT2D eigenvalue weighted by Crippen LogP contribution is 2.24. The quantitative estimate of drug-likeness (QED) is 0.868. The van der Waals surface area contributed by atoms with Crippen molar-refractivity contribution in [3.8, 4) is 5.75 Å². The predicted molar refractivity (Wildman–Crippen MR) is 89.3 cm³/mol. The molecule has 1 amide bonds. The van der Waals surface area contributed by atoms with Crippen LogP contribution in [0.5, 0.6) is 5.75 Å². The minimum atomic E-state index is -0.102. The van der Waals surface area contributed by atoms with Crippen LogP contribution in [0.3, 0.4) is 0 Å². The zero-order valence-corrected chi connectivity index (χ0v) is 13.6. The van der Waals surface area contributed by atoms with E-state index in [-0.39, 0.29) is 11.9 Å². The first-order valence-electron chi connectivity index (χ1n) is 7.27. The first-order valence-corrected chi connectivity index (χ1v) is 7.65. The average Bonchev–Trinajstić information content (AvgIpc) is 2.54. The molecule has 0 spiro atoms. The molecule has 2 aromatic rings. The maximum absolute atomic E-state index is 12.1. The van der Waals surface area contributed by atoms with Crippen molar-refractivity contribution in [2.24, 2.45) is 0 Å². The van der Waals surface area contributed by atoms with Gasteiger partial charge in [-0.15, -0.1) is 0 Å². The largest absolute Gasteiger partial charge is 0.496 e. The minimum Gasteiger partial charge on any atom is -0.496 e. The summed E-state index contributed by atoms with van der Waals surface area (Å²) in [6, 6.07) is 15.2. The second kappa shape index (κ2) is 7.85. The molecule has 0 aliphatic carbocycles. The van der Waals surface area contributed by atoms with Crippen molar-refractivity contribution in [2.45, 2.75) is 25.8 Å². The number of carbonyl (C=O) groups is 1. The maximum atomic E-state index is 12.1. The third kappa shape index (κ3) is 4.25. The fraction of sp³-hybridized carbons (Fsp3) is 0.278. The van der Waals surface area contributed by atoms with Gasteiger partial charge in [0.25, 0.3) is 0 Å². The number of hydrogen-bond donors (Lipinski definition) is 1. The van der Waals surface area contributed by atoms with Gasteiger partial charge in [0, 0.05) is 17.0 Å². The Bertz CT molecular complexity index is 642. The van der Waals surface area contributed by atoms with Gasteiger partial charge < -0.3 is 10.1 Å². The molecule has 0 unspecified atom stereocenters. The first-order chi connectivity index (χ1) is 10.6. The molecule has 2 aromatic carbocycles. The normalized spacial score (nSPS) is 11.8. The highest BCUT2D eigenvalue weighted by atomic mass is 35.5. The van der Waals surface area contributed by atoms with Crippen molar-refractivity contribution in [3.05, 3.63) is 64.7 Å². The minimum absolute atomic E-state index is 0.00155. The average molecular weight is 318 g/mol. The van der Waals surface area contributed by atoms with E-state index in [0.29, 0.717) is 17.9 Å². The Morgan fingerprint density at radius 1 is 1.18 bits per heavy atom. The molecule has 0 aromatic heterocycles. The molecule has 3 nitrogen and oxygen atoms in total. The Hall–Kier alpha value is -2.00. The third-order valence-electron chi connectivity index (χ3n) is 3.56. The van der Waals surface area contributed by atoms with Crippen LogP contribution in [0, 0.1) is 0 Å². The van der Waals surface area contributed by atoms with Crippen LogP contribution in [0.25, 0.3) is 0 Å². The summed E-state index contributed by atoms with van der Waals surface area (Å²) in [5.41, 5.74) is 1.96. The van der Waals surface area contributed by atoms with Crippen LogP contribution in [0.4, 0.5) is 0 Å². The highest BCUT2D eigenvalue weighted by molar-refractivity contribution is 6.31. The van der Waals surface area contributed by atoms with Gasteiger partial charge in [0.1, 0.15) is 5.75 Å². The van der Waals surface area contributed by atoms with Gasteiger partial charge in [-0.1, -0.05) is 48.0 Å². The number of rotatable bonds is 6. The first kappa shape index (κ1) is 16.4. The SMILES string of the molecule is COc1ccccc1[C@@H](C)NC(=O)CCc1ccccc1Cl. The standard InChI is InChI=1S/C18H20ClNO2/c1-13(15-8-4-6-10-17(15)22-2)20-18(21)12-11-14-7-3-5-9-16(14)19/h3-10,13H,11-12H2,1-2H3,(H,20,21)/t13-/m1/s1. The second-order valence-electron chi connectivity index (χ2n) is 5.12. The number of halogens is 1. The molecule has 2 rings (SSSR count). The molecule has 0 heterocycles. The summed E-state index contributed by atoms with van der Waals surface area (Å²) in [6.07, 6.45) is 1.04. The van der Waals surface area contributed by atoms with Crippen LogP contribution in [0.15, 0.2) is 48.5 Å². The Morgan fingerprint density at radius 3 is 2.59 bits per heavy atom. The van der Waals surface area contributed by atoms with Gasteiger partial charge in [-0.05, 0) is 31.0 Å². The Labute approximate surface area is 136 Å². The smallest absolute Gasteiger partial charge is 0.220 e. The Balaban J connectivity index is 1.93. The second-order valence-corrected chi connectivity index (χ2v) is 5.53. The molecule has 0 radical (unpaired) electrons. The molecule has 0 bridgehead atoms. The molecule has 0 saturated carbocycles. The molecule has 0 aliphatic heterocycles. The summed E-state index contributed by atoms with van der Waals surface area (Å²) in [6.45, 7) is 1.95. The molecule has 0 aliphatic rings. The number of nitrogens with one attached hydrogen (secondary N) is 1. The van der Waals surface area contributed by atoms with Gasteiger partial charge in [-0.25, -0.2) is 0 Å². The number of amides is 1. The molecule has 1 N–H and O–H groups in total. The van der Waals surface area contributed by atoms with E-state index in [2.05, 4.69) is 5.32 Å². The van der Waals surface area contributed by atoms with Crippen molar-refractivity contribution in [1.29, 1.82) is 0 Å².